The van der Waals surface area contributed by atoms with Crippen molar-refractivity contribution in [1.29, 1.82) is 0 Å². The molecule has 10 heavy (non-hydrogen) atoms. The maximum Gasteiger partial charge on any atom is 0.184 e. The van der Waals surface area contributed by atoms with E-state index in [1.807, 2.05) is 0 Å². The molecule has 0 amide bonds. The minimum atomic E-state index is -0.971. The van der Waals surface area contributed by atoms with Crippen molar-refractivity contribution in [2.75, 3.05) is 6.61 Å². The van der Waals surface area contributed by atoms with Gasteiger partial charge in [-0.1, -0.05) is 0 Å². The summed E-state index contributed by atoms with van der Waals surface area (Å²) >= 11 is 4.39. The third-order valence-corrected chi connectivity index (χ3v) is 0.700. The van der Waals surface area contributed by atoms with Crippen molar-refractivity contribution in [3.63, 3.8) is 0 Å². The zero-order valence-electron chi connectivity index (χ0n) is 5.19. The van der Waals surface area contributed by atoms with E-state index in [9.17, 15) is 0 Å². The van der Waals surface area contributed by atoms with Crippen LogP contribution in [0.1, 0.15) is 0 Å². The number of thiocarbonyl (C=S) groups is 1. The Bertz CT molecular complexity index is 138. The highest BCUT2D eigenvalue weighted by Crippen LogP contribution is 1.71. The molecule has 0 fully saturated rings. The molecule has 0 radical (unpaired) electrons. The molecular formula is C4H9N3O2S. The highest BCUT2D eigenvalue weighted by molar-refractivity contribution is 7.80. The topological polar surface area (TPSA) is 90.9 Å². The molecule has 0 unspecified atom stereocenters. The van der Waals surface area contributed by atoms with Gasteiger partial charge in [0.15, 0.2) is 5.11 Å². The summed E-state index contributed by atoms with van der Waals surface area (Å²) in [7, 11) is 0. The van der Waals surface area contributed by atoms with Gasteiger partial charge >= 0.3 is 0 Å². The van der Waals surface area contributed by atoms with Crippen LogP contribution in [0.2, 0.25) is 0 Å². The van der Waals surface area contributed by atoms with Crippen LogP contribution in [0.3, 0.4) is 0 Å². The summed E-state index contributed by atoms with van der Waals surface area (Å²) in [5.74, 6) is 0. The predicted molar refractivity (Wildman–Crippen MR) is 41.5 cm³/mol. The zero-order valence-corrected chi connectivity index (χ0v) is 6.01. The molecule has 58 valence electrons. The second-order valence-electron chi connectivity index (χ2n) is 1.50. The quantitative estimate of drug-likeness (QED) is 0.223. The van der Waals surface area contributed by atoms with Crippen molar-refractivity contribution in [3.05, 3.63) is 0 Å². The summed E-state index contributed by atoms with van der Waals surface area (Å²) in [5, 5.41) is 20.3. The molecule has 0 aromatic carbocycles. The first-order valence-electron chi connectivity index (χ1n) is 2.54. The SMILES string of the molecule is NC(=S)N/N=C\[C@@H](O)CO. The molecule has 0 heterocycles. The van der Waals surface area contributed by atoms with Crippen molar-refractivity contribution in [2.45, 2.75) is 6.10 Å². The second-order valence-corrected chi connectivity index (χ2v) is 1.94. The van der Waals surface area contributed by atoms with Gasteiger partial charge in [-0.2, -0.15) is 5.10 Å². The summed E-state index contributed by atoms with van der Waals surface area (Å²) in [5.41, 5.74) is 7.20. The fourth-order valence-corrected chi connectivity index (χ4v) is 0.287. The fraction of sp³-hybridized carbons (Fsp3) is 0.500. The van der Waals surface area contributed by atoms with Gasteiger partial charge in [-0.05, 0) is 12.2 Å². The van der Waals surface area contributed by atoms with Crippen molar-refractivity contribution < 1.29 is 10.2 Å². The van der Waals surface area contributed by atoms with Crippen LogP contribution in [-0.2, 0) is 0 Å². The van der Waals surface area contributed by atoms with Gasteiger partial charge in [0, 0.05) is 0 Å². The van der Waals surface area contributed by atoms with E-state index in [0.29, 0.717) is 0 Å². The Morgan fingerprint density at radius 1 is 1.90 bits per heavy atom. The van der Waals surface area contributed by atoms with E-state index in [4.69, 9.17) is 15.9 Å². The van der Waals surface area contributed by atoms with E-state index < -0.39 is 6.10 Å². The molecule has 5 N–H and O–H groups in total. The van der Waals surface area contributed by atoms with Crippen LogP contribution in [0, 0.1) is 0 Å². The van der Waals surface area contributed by atoms with Gasteiger partial charge in [-0.3, -0.25) is 5.43 Å². The molecule has 0 rings (SSSR count). The second kappa shape index (κ2) is 5.10. The summed E-state index contributed by atoms with van der Waals surface area (Å²) in [4.78, 5) is 0. The molecule has 0 bridgehead atoms. The van der Waals surface area contributed by atoms with Crippen molar-refractivity contribution in [3.8, 4) is 0 Å². The van der Waals surface area contributed by atoms with Gasteiger partial charge in [0.2, 0.25) is 0 Å². The molecule has 0 aromatic heterocycles. The van der Waals surface area contributed by atoms with Crippen LogP contribution in [-0.4, -0.2) is 34.3 Å². The van der Waals surface area contributed by atoms with E-state index in [2.05, 4.69) is 22.7 Å². The molecule has 0 aliphatic carbocycles. The van der Waals surface area contributed by atoms with Crippen molar-refractivity contribution in [1.82, 2.24) is 5.43 Å². The van der Waals surface area contributed by atoms with Crippen molar-refractivity contribution >= 4 is 23.5 Å². The first kappa shape index (κ1) is 9.28. The molecule has 0 aliphatic heterocycles. The molecule has 6 heteroatoms. The van der Waals surface area contributed by atoms with Crippen LogP contribution in [0.4, 0.5) is 0 Å². The minimum absolute atomic E-state index is 0.0152. The fourth-order valence-electron chi connectivity index (χ4n) is 0.234. The van der Waals surface area contributed by atoms with E-state index in [1.165, 1.54) is 0 Å². The highest BCUT2D eigenvalue weighted by atomic mass is 32.1. The monoisotopic (exact) mass is 163 g/mol. The van der Waals surface area contributed by atoms with Gasteiger partial charge in [0.1, 0.15) is 6.10 Å². The summed E-state index contributed by atoms with van der Waals surface area (Å²) in [6, 6.07) is 0. The van der Waals surface area contributed by atoms with Gasteiger partial charge in [-0.15, -0.1) is 0 Å². The first-order chi connectivity index (χ1) is 4.66. The Hall–Kier alpha value is -0.720. The Kier molecular flexibility index (Phi) is 4.73. The molecule has 0 spiro atoms. The van der Waals surface area contributed by atoms with E-state index >= 15 is 0 Å². The lowest BCUT2D eigenvalue weighted by Gasteiger charge is -1.97. The molecule has 0 aromatic rings. The van der Waals surface area contributed by atoms with Crippen LogP contribution in [0.5, 0.6) is 0 Å². The standard InChI is InChI=1S/C4H9N3O2S/c5-4(10)7-6-1-3(9)2-8/h1,3,8-9H,2H2,(H3,5,7,10)/b6-1-/t3-/m1/s1. The number of aliphatic hydroxyl groups excluding tert-OH is 2. The molecule has 0 saturated heterocycles. The van der Waals surface area contributed by atoms with Crippen LogP contribution in [0.15, 0.2) is 5.10 Å². The number of hydrogen-bond donors (Lipinski definition) is 4. The van der Waals surface area contributed by atoms with Crippen LogP contribution >= 0.6 is 12.2 Å². The number of hydrogen-bond acceptors (Lipinski definition) is 4. The van der Waals surface area contributed by atoms with E-state index in [0.717, 1.165) is 6.21 Å². The van der Waals surface area contributed by atoms with Gasteiger partial charge in [0.05, 0.1) is 12.8 Å². The average molecular weight is 163 g/mol. The Morgan fingerprint density at radius 2 is 2.50 bits per heavy atom. The van der Waals surface area contributed by atoms with Gasteiger partial charge in [0.25, 0.3) is 0 Å². The Labute approximate surface area is 63.5 Å². The zero-order chi connectivity index (χ0) is 7.98. The first-order valence-corrected chi connectivity index (χ1v) is 2.95. The largest absolute Gasteiger partial charge is 0.393 e. The molecule has 0 aliphatic rings. The smallest absolute Gasteiger partial charge is 0.184 e. The van der Waals surface area contributed by atoms with Gasteiger partial charge in [-0.25, -0.2) is 0 Å². The van der Waals surface area contributed by atoms with E-state index in [1.54, 1.807) is 0 Å². The molecule has 5 nitrogen and oxygen atoms in total. The maximum absolute atomic E-state index is 8.65. The Balaban J connectivity index is 3.45. The Morgan fingerprint density at radius 3 is 2.90 bits per heavy atom. The summed E-state index contributed by atoms with van der Waals surface area (Å²) < 4.78 is 0. The number of aliphatic hydroxyl groups is 2. The van der Waals surface area contributed by atoms with Crippen LogP contribution < -0.4 is 11.2 Å². The normalized spacial score (nSPS) is 13.4. The van der Waals surface area contributed by atoms with Crippen molar-refractivity contribution in [2.24, 2.45) is 10.8 Å². The van der Waals surface area contributed by atoms with E-state index in [-0.39, 0.29) is 11.7 Å². The maximum atomic E-state index is 8.65. The number of hydrazone groups is 1. The molecular weight excluding hydrogens is 154 g/mol. The molecule has 0 saturated carbocycles. The van der Waals surface area contributed by atoms with Gasteiger partial charge < -0.3 is 15.9 Å². The average Bonchev–Trinajstić information content (AvgIpc) is 1.87. The predicted octanol–water partition coefficient (Wildman–Crippen LogP) is -1.84. The highest BCUT2D eigenvalue weighted by Gasteiger charge is 1.93. The number of rotatable bonds is 3. The third kappa shape index (κ3) is 5.42. The number of nitrogens with zero attached hydrogens (tertiary/aromatic N) is 1. The lowest BCUT2D eigenvalue weighted by atomic mass is 10.4. The summed E-state index contributed by atoms with van der Waals surface area (Å²) in [6.07, 6.45) is 0.126. The third-order valence-electron chi connectivity index (χ3n) is 0.608. The number of nitrogens with one attached hydrogen (secondary N) is 1. The molecule has 1 atom stereocenters. The summed E-state index contributed by atoms with van der Waals surface area (Å²) in [6.45, 7) is -0.373. The minimum Gasteiger partial charge on any atom is -0.393 e. The van der Waals surface area contributed by atoms with Crippen LogP contribution in [0.25, 0.3) is 0 Å². The lowest BCUT2D eigenvalue weighted by Crippen LogP contribution is -2.25. The lowest BCUT2D eigenvalue weighted by molar-refractivity contribution is 0.148. The number of nitrogens with two attached hydrogens (primary N) is 1.